The monoisotopic (exact) mass is 228 g/mol. The van der Waals surface area contributed by atoms with Gasteiger partial charge in [0.05, 0.1) is 0 Å². The molecular weight excluding hydrogens is 217 g/mol. The summed E-state index contributed by atoms with van der Waals surface area (Å²) >= 11 is 0. The molecule has 0 spiro atoms. The molecule has 0 aromatic heterocycles. The first-order chi connectivity index (χ1) is 2.83. The van der Waals surface area contributed by atoms with Crippen LogP contribution in [0.5, 0.6) is 0 Å². The van der Waals surface area contributed by atoms with E-state index in [4.69, 9.17) is 10.2 Å². The van der Waals surface area contributed by atoms with Crippen molar-refractivity contribution in [3.05, 3.63) is 0 Å². The molecular formula is C4H10BaO2. The van der Waals surface area contributed by atoms with Crippen molar-refractivity contribution in [3.63, 3.8) is 0 Å². The molecule has 0 rings (SSSR count). The molecule has 0 heterocycles. The Morgan fingerprint density at radius 1 is 1.00 bits per heavy atom. The van der Waals surface area contributed by atoms with Crippen LogP contribution in [0.2, 0.25) is 0 Å². The van der Waals surface area contributed by atoms with Crippen LogP contribution >= 0.6 is 0 Å². The third-order valence-electron chi connectivity index (χ3n) is 0. The van der Waals surface area contributed by atoms with E-state index in [1.165, 1.54) is 0 Å². The fourth-order valence-electron chi connectivity index (χ4n) is 0. The van der Waals surface area contributed by atoms with Crippen molar-refractivity contribution in [2.45, 2.75) is 13.8 Å². The predicted molar refractivity (Wildman–Crippen MR) is 26.8 cm³/mol. The van der Waals surface area contributed by atoms with Gasteiger partial charge in [0.1, 0.15) is 0 Å². The van der Waals surface area contributed by atoms with Gasteiger partial charge in [-0.3, -0.25) is 0 Å². The number of rotatable bonds is 0. The van der Waals surface area contributed by atoms with Gasteiger partial charge in [-0.2, -0.15) is 0 Å². The summed E-state index contributed by atoms with van der Waals surface area (Å²) in [5.74, 6) is 0. The molecule has 0 saturated heterocycles. The van der Waals surface area contributed by atoms with Crippen LogP contribution in [0.15, 0.2) is 0 Å². The second kappa shape index (κ2) is 25.9. The summed E-state index contributed by atoms with van der Waals surface area (Å²) < 4.78 is 0. The van der Waals surface area contributed by atoms with Gasteiger partial charge in [0.15, 0.2) is 0 Å². The predicted octanol–water partition coefficient (Wildman–Crippen LogP) is -1.65. The van der Waals surface area contributed by atoms with Crippen LogP contribution in [-0.4, -0.2) is 62.1 Å². The Bertz CT molecular complexity index is 11.7. The van der Waals surface area contributed by atoms with E-state index in [2.05, 4.69) is 0 Å². The number of hydrogen-bond donors (Lipinski definition) is 0. The molecule has 40 valence electrons. The zero-order valence-corrected chi connectivity index (χ0v) is 9.38. The maximum atomic E-state index is 8.93. The SMILES string of the molecule is CC[O-].CC[O-].[Ba+2]. The fraction of sp³-hybridized carbons (Fsp3) is 1.00. The Hall–Kier alpha value is 1.49. The average molecular weight is 227 g/mol. The Morgan fingerprint density at radius 2 is 1.00 bits per heavy atom. The van der Waals surface area contributed by atoms with Crippen LogP contribution in [0.4, 0.5) is 0 Å². The summed E-state index contributed by atoms with van der Waals surface area (Å²) in [5.41, 5.74) is 0. The third-order valence-corrected chi connectivity index (χ3v) is 0. The molecule has 2 nitrogen and oxygen atoms in total. The zero-order chi connectivity index (χ0) is 5.41. The van der Waals surface area contributed by atoms with Gasteiger partial charge in [-0.25, -0.2) is 0 Å². The van der Waals surface area contributed by atoms with E-state index >= 15 is 0 Å². The summed E-state index contributed by atoms with van der Waals surface area (Å²) in [6, 6.07) is 0. The van der Waals surface area contributed by atoms with Crippen molar-refractivity contribution < 1.29 is 10.2 Å². The molecule has 0 aliphatic carbocycles. The second-order valence-corrected chi connectivity index (χ2v) is 0.577. The average Bonchev–Trinajstić information content (AvgIpc) is 1.39. The minimum atomic E-state index is 0. The van der Waals surface area contributed by atoms with Crippen LogP contribution < -0.4 is 10.2 Å². The standard InChI is InChI=1S/2C2H5O.Ba/c2*1-2-3;/h2*2H2,1H3;/q2*-1;+2. The van der Waals surface area contributed by atoms with Crippen LogP contribution in [-0.2, 0) is 0 Å². The molecule has 0 unspecified atom stereocenters. The molecule has 0 atom stereocenters. The smallest absolute Gasteiger partial charge is 0.855 e. The minimum absolute atomic E-state index is 0. The Kier molecular flexibility index (Phi) is 58.5. The van der Waals surface area contributed by atoms with E-state index in [1.54, 1.807) is 13.8 Å². The third kappa shape index (κ3) is 102. The molecule has 0 fully saturated rings. The van der Waals surface area contributed by atoms with E-state index in [1.807, 2.05) is 0 Å². The van der Waals surface area contributed by atoms with E-state index in [0.717, 1.165) is 0 Å². The molecule has 0 saturated carbocycles. The zero-order valence-electron chi connectivity index (χ0n) is 4.94. The second-order valence-electron chi connectivity index (χ2n) is 0.577. The summed E-state index contributed by atoms with van der Waals surface area (Å²) in [4.78, 5) is 0. The molecule has 0 aromatic rings. The van der Waals surface area contributed by atoms with Crippen molar-refractivity contribution in [3.8, 4) is 0 Å². The molecule has 0 aliphatic heterocycles. The summed E-state index contributed by atoms with van der Waals surface area (Å²) in [6.07, 6.45) is 0. The normalized spacial score (nSPS) is 5.14. The van der Waals surface area contributed by atoms with E-state index < -0.39 is 0 Å². The fourth-order valence-corrected chi connectivity index (χ4v) is 0. The van der Waals surface area contributed by atoms with Crippen LogP contribution in [0.25, 0.3) is 0 Å². The quantitative estimate of drug-likeness (QED) is 0.466. The van der Waals surface area contributed by atoms with Gasteiger partial charge < -0.3 is 10.2 Å². The van der Waals surface area contributed by atoms with Crippen molar-refractivity contribution in [1.29, 1.82) is 0 Å². The van der Waals surface area contributed by atoms with Crippen LogP contribution in [0.3, 0.4) is 0 Å². The Balaban J connectivity index is -0.0000000400. The first-order valence-electron chi connectivity index (χ1n) is 1.99. The summed E-state index contributed by atoms with van der Waals surface area (Å²) in [5, 5.41) is 17.9. The maximum Gasteiger partial charge on any atom is 2.00 e. The molecule has 0 aliphatic rings. The van der Waals surface area contributed by atoms with Gasteiger partial charge in [-0.15, -0.1) is 13.2 Å². The first-order valence-corrected chi connectivity index (χ1v) is 1.99. The topological polar surface area (TPSA) is 46.1 Å². The Morgan fingerprint density at radius 3 is 1.00 bits per heavy atom. The molecule has 0 radical (unpaired) electrons. The molecule has 0 aromatic carbocycles. The van der Waals surface area contributed by atoms with E-state index in [9.17, 15) is 0 Å². The van der Waals surface area contributed by atoms with Crippen molar-refractivity contribution in [2.75, 3.05) is 13.2 Å². The molecule has 0 N–H and O–H groups in total. The van der Waals surface area contributed by atoms with Gasteiger partial charge >= 0.3 is 48.9 Å². The van der Waals surface area contributed by atoms with Crippen molar-refractivity contribution >= 4 is 48.9 Å². The van der Waals surface area contributed by atoms with Crippen molar-refractivity contribution in [2.24, 2.45) is 0 Å². The molecule has 3 heteroatoms. The molecule has 7 heavy (non-hydrogen) atoms. The number of hydrogen-bond acceptors (Lipinski definition) is 2. The van der Waals surface area contributed by atoms with Crippen LogP contribution in [0.1, 0.15) is 13.8 Å². The maximum absolute atomic E-state index is 8.93. The largest absolute Gasteiger partial charge is 2.00 e. The van der Waals surface area contributed by atoms with E-state index in [0.29, 0.717) is 0 Å². The van der Waals surface area contributed by atoms with Gasteiger partial charge in [0.25, 0.3) is 0 Å². The molecule has 0 bridgehead atoms. The van der Waals surface area contributed by atoms with Gasteiger partial charge in [0, 0.05) is 0 Å². The Labute approximate surface area is 85.0 Å². The molecule has 0 amide bonds. The first kappa shape index (κ1) is 15.8. The minimum Gasteiger partial charge on any atom is -0.855 e. The summed E-state index contributed by atoms with van der Waals surface area (Å²) in [6.45, 7) is 3.14. The van der Waals surface area contributed by atoms with Crippen LogP contribution in [0, 0.1) is 0 Å². The van der Waals surface area contributed by atoms with Gasteiger partial charge in [-0.05, 0) is 0 Å². The van der Waals surface area contributed by atoms with Crippen molar-refractivity contribution in [1.82, 2.24) is 0 Å². The van der Waals surface area contributed by atoms with E-state index in [-0.39, 0.29) is 62.1 Å². The summed E-state index contributed by atoms with van der Waals surface area (Å²) in [7, 11) is 0. The van der Waals surface area contributed by atoms with Gasteiger partial charge in [0.2, 0.25) is 0 Å². The van der Waals surface area contributed by atoms with Gasteiger partial charge in [-0.1, -0.05) is 13.8 Å².